The number of phosphoric acid groups is 1. The average Bonchev–Trinajstić information content (AvgIpc) is 3.23. The van der Waals surface area contributed by atoms with Crippen molar-refractivity contribution < 1.29 is 42.1 Å². The Labute approximate surface area is 381 Å². The number of carbonyl (C=O) groups is 2. The summed E-state index contributed by atoms with van der Waals surface area (Å²) in [4.78, 5) is 37.6. The highest BCUT2D eigenvalue weighted by molar-refractivity contribution is 7.45. The van der Waals surface area contributed by atoms with E-state index in [1.54, 1.807) is 0 Å². The van der Waals surface area contributed by atoms with Crippen molar-refractivity contribution in [3.8, 4) is 0 Å². The van der Waals surface area contributed by atoms with Gasteiger partial charge in [-0.25, -0.2) is 0 Å². The highest BCUT2D eigenvalue weighted by Crippen LogP contribution is 2.38. The Balaban J connectivity index is 4.31. The lowest BCUT2D eigenvalue weighted by Gasteiger charge is -2.28. The first kappa shape index (κ1) is 59.7. The maximum absolute atomic E-state index is 12.7. The van der Waals surface area contributed by atoms with Gasteiger partial charge in [-0.05, 0) is 70.6 Å². The van der Waals surface area contributed by atoms with Gasteiger partial charge in [0, 0.05) is 12.8 Å². The number of esters is 2. The van der Waals surface area contributed by atoms with Gasteiger partial charge in [0.2, 0.25) is 0 Å². The fraction of sp³-hybridized carbons (Fsp3) is 0.769. The lowest BCUT2D eigenvalue weighted by Crippen LogP contribution is -2.37. The topological polar surface area (TPSA) is 111 Å². The molecule has 360 valence electrons. The largest absolute Gasteiger partial charge is 0.756 e. The number of unbranched alkanes of at least 4 members (excludes halogenated alkanes) is 21. The van der Waals surface area contributed by atoms with E-state index >= 15 is 0 Å². The van der Waals surface area contributed by atoms with Crippen molar-refractivity contribution in [3.63, 3.8) is 0 Å². The van der Waals surface area contributed by atoms with Crippen LogP contribution in [0.5, 0.6) is 0 Å². The molecule has 0 amide bonds. The van der Waals surface area contributed by atoms with Crippen LogP contribution in [0.15, 0.2) is 60.8 Å². The van der Waals surface area contributed by atoms with E-state index in [4.69, 9.17) is 18.5 Å². The first-order valence-electron chi connectivity index (χ1n) is 25.0. The lowest BCUT2D eigenvalue weighted by molar-refractivity contribution is -0.870. The van der Waals surface area contributed by atoms with Crippen molar-refractivity contribution in [1.82, 2.24) is 0 Å². The van der Waals surface area contributed by atoms with Crippen LogP contribution in [0.25, 0.3) is 0 Å². The summed E-state index contributed by atoms with van der Waals surface area (Å²) >= 11 is 0. The Morgan fingerprint density at radius 3 is 1.44 bits per heavy atom. The van der Waals surface area contributed by atoms with E-state index in [0.717, 1.165) is 51.4 Å². The summed E-state index contributed by atoms with van der Waals surface area (Å²) in [6.07, 6.45) is 54.2. The van der Waals surface area contributed by atoms with Crippen LogP contribution in [0.3, 0.4) is 0 Å². The minimum absolute atomic E-state index is 0.0440. The van der Waals surface area contributed by atoms with Gasteiger partial charge in [-0.15, -0.1) is 0 Å². The average molecular weight is 892 g/mol. The van der Waals surface area contributed by atoms with Gasteiger partial charge in [0.25, 0.3) is 7.82 Å². The molecule has 1 unspecified atom stereocenters. The van der Waals surface area contributed by atoms with Crippen LogP contribution in [0.4, 0.5) is 0 Å². The van der Waals surface area contributed by atoms with Gasteiger partial charge >= 0.3 is 11.9 Å². The molecule has 0 aliphatic rings. The predicted octanol–water partition coefficient (Wildman–Crippen LogP) is 14.2. The van der Waals surface area contributed by atoms with Gasteiger partial charge in [0.15, 0.2) is 6.10 Å². The SMILES string of the molecule is CC/C=C/C/C=C/C/C=C/C/C=C/CCCCC(=O)OC[C@H](COP(=O)([O-])OCC[N+](C)(C)C)OC(=O)CCC/C=C/CCCCCCCCCCCCCCCCCCCC. The second-order valence-corrected chi connectivity index (χ2v) is 19.2. The van der Waals surface area contributed by atoms with Crippen LogP contribution < -0.4 is 4.89 Å². The third-order valence-corrected chi connectivity index (χ3v) is 11.5. The molecular formula is C52H94NO8P. The minimum atomic E-state index is -4.65. The fourth-order valence-electron chi connectivity index (χ4n) is 6.65. The first-order chi connectivity index (χ1) is 30.0. The molecule has 0 bridgehead atoms. The number of likely N-dealkylation sites (N-methyl/N-ethyl adjacent to an activating group) is 1. The second kappa shape index (κ2) is 43.9. The number of ether oxygens (including phenoxy) is 2. The van der Waals surface area contributed by atoms with Crippen LogP contribution in [-0.2, 0) is 32.7 Å². The van der Waals surface area contributed by atoms with E-state index in [9.17, 15) is 19.0 Å². The summed E-state index contributed by atoms with van der Waals surface area (Å²) in [7, 11) is 1.12. The monoisotopic (exact) mass is 892 g/mol. The zero-order valence-electron chi connectivity index (χ0n) is 40.6. The molecule has 0 fully saturated rings. The summed E-state index contributed by atoms with van der Waals surface area (Å²) in [5.74, 6) is -0.920. The van der Waals surface area contributed by atoms with Crippen molar-refractivity contribution >= 4 is 19.8 Å². The third kappa shape index (κ3) is 47.2. The summed E-state index contributed by atoms with van der Waals surface area (Å²) < 4.78 is 33.9. The minimum Gasteiger partial charge on any atom is -0.756 e. The molecule has 0 aromatic carbocycles. The molecule has 0 aliphatic heterocycles. The molecule has 62 heavy (non-hydrogen) atoms. The smallest absolute Gasteiger partial charge is 0.306 e. The maximum atomic E-state index is 12.7. The molecule has 0 spiro atoms. The first-order valence-corrected chi connectivity index (χ1v) is 26.5. The zero-order valence-corrected chi connectivity index (χ0v) is 41.4. The number of hydrogen-bond donors (Lipinski definition) is 0. The molecule has 0 N–H and O–H groups in total. The molecule has 0 aromatic rings. The summed E-state index contributed by atoms with van der Waals surface area (Å²) in [5, 5.41) is 0. The second-order valence-electron chi connectivity index (χ2n) is 17.8. The molecule has 0 aromatic heterocycles. The van der Waals surface area contributed by atoms with Crippen molar-refractivity contribution in [2.45, 2.75) is 213 Å². The number of nitrogens with zero attached hydrogens (tertiary/aromatic N) is 1. The van der Waals surface area contributed by atoms with Crippen LogP contribution in [0.1, 0.15) is 206 Å². The predicted molar refractivity (Wildman–Crippen MR) is 259 cm³/mol. The molecule has 9 nitrogen and oxygen atoms in total. The number of quaternary nitrogens is 1. The third-order valence-electron chi connectivity index (χ3n) is 10.5. The van der Waals surface area contributed by atoms with Crippen LogP contribution in [-0.4, -0.2) is 70.0 Å². The molecule has 0 saturated heterocycles. The van der Waals surface area contributed by atoms with E-state index in [-0.39, 0.29) is 26.1 Å². The van der Waals surface area contributed by atoms with Crippen molar-refractivity contribution in [2.75, 3.05) is 47.5 Å². The summed E-state index contributed by atoms with van der Waals surface area (Å²) in [6.45, 7) is 4.05. The van der Waals surface area contributed by atoms with Crippen LogP contribution >= 0.6 is 7.82 Å². The molecule has 0 heterocycles. The highest BCUT2D eigenvalue weighted by Gasteiger charge is 2.21. The standard InChI is InChI=1S/C52H94NO8P/c1-6-8-10-12-14-16-18-20-22-23-24-25-26-27-28-29-31-33-35-37-39-41-43-45-52(55)61-50(49-60-62(56,57)59-47-46-53(3,4)5)48-58-51(54)44-42-40-38-36-34-32-30-21-19-17-15-13-11-9-7-2/h9,11,15,17,21,30,34,36-37,39,50H,6-8,10,12-14,16,18-20,22-29,31-33,35,38,40-49H2,1-5H3/b11-9+,17-15+,30-21+,36-34+,39-37+/t50-/m1/s1. The Kier molecular flexibility index (Phi) is 42.3. The van der Waals surface area contributed by atoms with Gasteiger partial charge in [-0.2, -0.15) is 0 Å². The molecule has 2 atom stereocenters. The van der Waals surface area contributed by atoms with Gasteiger partial charge in [-0.1, -0.05) is 184 Å². The van der Waals surface area contributed by atoms with Gasteiger partial charge < -0.3 is 27.9 Å². The van der Waals surface area contributed by atoms with Gasteiger partial charge in [-0.3, -0.25) is 14.2 Å². The number of allylic oxidation sites excluding steroid dienone is 10. The Bertz CT molecular complexity index is 1240. The molecule has 0 saturated carbocycles. The molecule has 0 radical (unpaired) electrons. The van der Waals surface area contributed by atoms with Gasteiger partial charge in [0.05, 0.1) is 27.7 Å². The molecular weight excluding hydrogens is 798 g/mol. The zero-order chi connectivity index (χ0) is 45.7. The van der Waals surface area contributed by atoms with Crippen molar-refractivity contribution in [3.05, 3.63) is 60.8 Å². The Hall–Kier alpha value is -2.29. The van der Waals surface area contributed by atoms with E-state index in [2.05, 4.69) is 74.6 Å². The number of carbonyl (C=O) groups excluding carboxylic acids is 2. The number of phosphoric ester groups is 1. The van der Waals surface area contributed by atoms with Gasteiger partial charge in [0.1, 0.15) is 19.8 Å². The Morgan fingerprint density at radius 2 is 0.935 bits per heavy atom. The molecule has 10 heteroatoms. The number of hydrogen-bond acceptors (Lipinski definition) is 8. The Morgan fingerprint density at radius 1 is 0.516 bits per heavy atom. The van der Waals surface area contributed by atoms with E-state index < -0.39 is 32.5 Å². The van der Waals surface area contributed by atoms with Crippen molar-refractivity contribution in [1.29, 1.82) is 0 Å². The normalized spacial score (nSPS) is 14.0. The quantitative estimate of drug-likeness (QED) is 0.0195. The summed E-state index contributed by atoms with van der Waals surface area (Å²) in [5.41, 5.74) is 0. The van der Waals surface area contributed by atoms with E-state index in [0.29, 0.717) is 23.9 Å². The van der Waals surface area contributed by atoms with Crippen molar-refractivity contribution in [2.24, 2.45) is 0 Å². The highest BCUT2D eigenvalue weighted by atomic mass is 31.2. The van der Waals surface area contributed by atoms with Crippen LogP contribution in [0.2, 0.25) is 0 Å². The molecule has 0 aliphatic carbocycles. The fourth-order valence-corrected chi connectivity index (χ4v) is 7.38. The van der Waals surface area contributed by atoms with Crippen LogP contribution in [0, 0.1) is 0 Å². The number of rotatable bonds is 45. The summed E-state index contributed by atoms with van der Waals surface area (Å²) in [6, 6.07) is 0. The van der Waals surface area contributed by atoms with E-state index in [1.165, 1.54) is 116 Å². The van der Waals surface area contributed by atoms with E-state index in [1.807, 2.05) is 21.1 Å². The molecule has 0 rings (SSSR count). The lowest BCUT2D eigenvalue weighted by atomic mass is 10.0. The maximum Gasteiger partial charge on any atom is 0.306 e.